The van der Waals surface area contributed by atoms with Crippen molar-refractivity contribution in [3.63, 3.8) is 0 Å². The van der Waals surface area contributed by atoms with Crippen LogP contribution in [-0.2, 0) is 9.47 Å². The second kappa shape index (κ2) is 11.4. The van der Waals surface area contributed by atoms with Crippen LogP contribution in [0.25, 0.3) is 0 Å². The molecule has 5 heterocycles. The predicted octanol–water partition coefficient (Wildman–Crippen LogP) is 5.46. The van der Waals surface area contributed by atoms with Gasteiger partial charge in [0.15, 0.2) is 0 Å². The van der Waals surface area contributed by atoms with E-state index in [2.05, 4.69) is 4.90 Å². The Bertz CT molecular complexity index is 650. The first-order valence-electron chi connectivity index (χ1n) is 14.9. The summed E-state index contributed by atoms with van der Waals surface area (Å²) in [4.78, 5) is 2.63. The third-order valence-electron chi connectivity index (χ3n) is 9.77. The summed E-state index contributed by atoms with van der Waals surface area (Å²) < 4.78 is 12.8. The topological polar surface area (TPSA) is 65.0 Å². The molecule has 0 unspecified atom stereocenters. The van der Waals surface area contributed by atoms with E-state index in [-0.39, 0.29) is 10.8 Å². The normalized spacial score (nSPS) is 45.9. The van der Waals surface area contributed by atoms with Gasteiger partial charge < -0.3 is 24.4 Å². The predicted molar refractivity (Wildman–Crippen MR) is 134 cm³/mol. The molecule has 5 rings (SSSR count). The van der Waals surface area contributed by atoms with Crippen LogP contribution in [-0.4, -0.2) is 71.1 Å². The highest BCUT2D eigenvalue weighted by Gasteiger charge is 2.53. The van der Waals surface area contributed by atoms with Gasteiger partial charge in [-0.2, -0.15) is 0 Å². The van der Waals surface area contributed by atoms with Crippen molar-refractivity contribution in [1.82, 2.24) is 4.90 Å². The number of ether oxygens (including phenoxy) is 2. The van der Waals surface area contributed by atoms with Crippen LogP contribution in [0.3, 0.4) is 0 Å². The van der Waals surface area contributed by atoms with Crippen molar-refractivity contribution >= 4 is 0 Å². The molecular weight excluding hydrogens is 428 g/mol. The van der Waals surface area contributed by atoms with Crippen LogP contribution < -0.4 is 0 Å². The lowest BCUT2D eigenvalue weighted by atomic mass is 9.83. The van der Waals surface area contributed by atoms with Crippen molar-refractivity contribution in [1.29, 1.82) is 0 Å². The second-order valence-corrected chi connectivity index (χ2v) is 12.3. The molecule has 6 nitrogen and oxygen atoms in total. The molecule has 5 aliphatic heterocycles. The summed E-state index contributed by atoms with van der Waals surface area (Å²) in [7, 11) is 0. The minimum Gasteiger partial charge on any atom is -0.631 e. The van der Waals surface area contributed by atoms with Crippen LogP contribution in [0.4, 0.5) is 0 Å². The molecule has 0 aromatic heterocycles. The zero-order valence-corrected chi connectivity index (χ0v) is 21.5. The number of nitrogens with zero attached hydrogens (tertiary/aromatic N) is 2. The van der Waals surface area contributed by atoms with Gasteiger partial charge in [-0.1, -0.05) is 51.4 Å². The molecule has 0 saturated carbocycles. The lowest BCUT2D eigenvalue weighted by molar-refractivity contribution is -0.952. The van der Waals surface area contributed by atoms with Gasteiger partial charge in [-0.15, -0.1) is 0 Å². The van der Waals surface area contributed by atoms with Crippen molar-refractivity contribution in [2.75, 3.05) is 26.2 Å². The van der Waals surface area contributed by atoms with E-state index in [0.29, 0.717) is 31.8 Å². The SMILES string of the molecule is [O-][N@@+]12CCC[C@]3(O)CCCCCC[C@@H]4CCN5CCC[C@@H](CCCCCC[C@H](CC1)O[C@@H]32)[C@@H]5O4. The lowest BCUT2D eigenvalue weighted by Crippen LogP contribution is -2.69. The minimum absolute atomic E-state index is 0.153. The molecule has 196 valence electrons. The summed E-state index contributed by atoms with van der Waals surface area (Å²) in [6.07, 6.45) is 20.4. The number of fused-ring (bicyclic) bond motifs is 2. The largest absolute Gasteiger partial charge is 0.631 e. The Morgan fingerprint density at radius 1 is 0.676 bits per heavy atom. The minimum atomic E-state index is -0.939. The summed E-state index contributed by atoms with van der Waals surface area (Å²) in [6, 6.07) is 0. The van der Waals surface area contributed by atoms with Gasteiger partial charge in [0.1, 0.15) is 11.8 Å². The number of aliphatic hydroxyl groups is 1. The van der Waals surface area contributed by atoms with Gasteiger partial charge in [0, 0.05) is 19.5 Å². The Morgan fingerprint density at radius 2 is 1.35 bits per heavy atom. The summed E-state index contributed by atoms with van der Waals surface area (Å²) in [5.41, 5.74) is -0.939. The summed E-state index contributed by atoms with van der Waals surface area (Å²) in [6.45, 7) is 3.68. The van der Waals surface area contributed by atoms with Crippen molar-refractivity contribution in [2.45, 2.75) is 146 Å². The van der Waals surface area contributed by atoms with Crippen LogP contribution in [0, 0.1) is 11.1 Å². The summed E-state index contributed by atoms with van der Waals surface area (Å²) >= 11 is 0. The van der Waals surface area contributed by atoms with Crippen molar-refractivity contribution < 1.29 is 19.2 Å². The highest BCUT2D eigenvalue weighted by atomic mass is 16.6. The number of piperidine rings is 2. The molecule has 6 heteroatoms. The maximum Gasteiger partial charge on any atom is 0.222 e. The Labute approximate surface area is 207 Å². The maximum absolute atomic E-state index is 13.5. The maximum atomic E-state index is 13.5. The molecule has 0 aromatic rings. The van der Waals surface area contributed by atoms with E-state index in [9.17, 15) is 10.3 Å². The average molecular weight is 479 g/mol. The van der Waals surface area contributed by atoms with Crippen molar-refractivity contribution in [3.8, 4) is 0 Å². The average Bonchev–Trinajstić information content (AvgIpc) is 2.83. The summed E-state index contributed by atoms with van der Waals surface area (Å²) in [5.74, 6) is 0.718. The first-order chi connectivity index (χ1) is 16.6. The third kappa shape index (κ3) is 5.84. The Hall–Kier alpha value is -0.240. The number of hydrogen-bond donors (Lipinski definition) is 1. The fourth-order valence-corrected chi connectivity index (χ4v) is 7.80. The second-order valence-electron chi connectivity index (χ2n) is 12.3. The molecular formula is C28H50N2O4. The first kappa shape index (κ1) is 25.4. The molecule has 4 bridgehead atoms. The molecule has 0 aliphatic carbocycles. The van der Waals surface area contributed by atoms with E-state index in [1.807, 2.05) is 0 Å². The first-order valence-corrected chi connectivity index (χ1v) is 14.9. The van der Waals surface area contributed by atoms with E-state index >= 15 is 0 Å². The molecule has 0 aromatic carbocycles. The van der Waals surface area contributed by atoms with Gasteiger partial charge in [0.05, 0.1) is 25.3 Å². The van der Waals surface area contributed by atoms with Gasteiger partial charge in [-0.25, -0.2) is 0 Å². The van der Waals surface area contributed by atoms with E-state index in [4.69, 9.17) is 9.47 Å². The van der Waals surface area contributed by atoms with E-state index in [1.54, 1.807) is 0 Å². The molecule has 1 N–H and O–H groups in total. The third-order valence-corrected chi connectivity index (χ3v) is 9.77. The highest BCUT2D eigenvalue weighted by molar-refractivity contribution is 4.90. The standard InChI is InChI=1S/C28H50N2O4/c31-28-17-8-4-3-7-13-24-15-20-29-19-9-12-23(26(29)33-24)11-5-1-2-6-14-25-16-22-30(32,21-10-18-28)27(28)34-25/h23-27,31H,1-22H2/t23-,24-,25-,26+,27+,28-,30+/m1/s1. The number of hydroxylamine groups is 3. The Kier molecular flexibility index (Phi) is 8.55. The molecule has 0 spiro atoms. The van der Waals surface area contributed by atoms with Gasteiger partial charge in [0.25, 0.3) is 0 Å². The Morgan fingerprint density at radius 3 is 2.18 bits per heavy atom. The molecule has 7 atom stereocenters. The van der Waals surface area contributed by atoms with Crippen molar-refractivity contribution in [2.24, 2.45) is 5.92 Å². The fourth-order valence-electron chi connectivity index (χ4n) is 7.80. The molecule has 5 aliphatic rings. The smallest absolute Gasteiger partial charge is 0.222 e. The molecule has 0 radical (unpaired) electrons. The van der Waals surface area contributed by atoms with Crippen LogP contribution in [0.1, 0.15) is 116 Å². The van der Waals surface area contributed by atoms with Crippen LogP contribution in [0.15, 0.2) is 0 Å². The van der Waals surface area contributed by atoms with Crippen LogP contribution >= 0.6 is 0 Å². The molecule has 5 saturated heterocycles. The van der Waals surface area contributed by atoms with Gasteiger partial charge >= 0.3 is 0 Å². The molecule has 0 amide bonds. The van der Waals surface area contributed by atoms with Gasteiger partial charge in [-0.05, 0) is 63.7 Å². The highest BCUT2D eigenvalue weighted by Crippen LogP contribution is 2.42. The van der Waals surface area contributed by atoms with Crippen LogP contribution in [0.2, 0.25) is 0 Å². The van der Waals surface area contributed by atoms with Gasteiger partial charge in [0.2, 0.25) is 6.23 Å². The van der Waals surface area contributed by atoms with Crippen LogP contribution in [0.5, 0.6) is 0 Å². The Balaban J connectivity index is 1.20. The fraction of sp³-hybridized carbons (Fsp3) is 1.00. The zero-order valence-electron chi connectivity index (χ0n) is 21.5. The van der Waals surface area contributed by atoms with Gasteiger partial charge in [-0.3, -0.25) is 4.90 Å². The quantitative estimate of drug-likeness (QED) is 0.370. The number of quaternary nitrogens is 1. The molecule has 5 fully saturated rings. The lowest BCUT2D eigenvalue weighted by Gasteiger charge is -2.59. The van der Waals surface area contributed by atoms with E-state index in [1.165, 1.54) is 83.7 Å². The van der Waals surface area contributed by atoms with E-state index in [0.717, 1.165) is 44.4 Å². The summed E-state index contributed by atoms with van der Waals surface area (Å²) in [5, 5.41) is 25.1. The number of rotatable bonds is 0. The zero-order chi connectivity index (χ0) is 23.4. The van der Waals surface area contributed by atoms with Crippen molar-refractivity contribution in [3.05, 3.63) is 5.21 Å². The van der Waals surface area contributed by atoms with E-state index < -0.39 is 11.8 Å². The monoisotopic (exact) mass is 478 g/mol. The molecule has 34 heavy (non-hydrogen) atoms. The number of hydrogen-bond acceptors (Lipinski definition) is 5.